The topological polar surface area (TPSA) is 3.24 Å². The Morgan fingerprint density at radius 2 is 1.53 bits per heavy atom. The molecule has 0 aliphatic rings. The second-order valence-corrected chi connectivity index (χ2v) is 4.05. The Labute approximate surface area is 94.1 Å². The molecule has 1 aromatic carbocycles. The number of benzene rings is 1. The van der Waals surface area contributed by atoms with Gasteiger partial charge in [0.1, 0.15) is 0 Å². The molecule has 0 unspecified atom stereocenters. The highest BCUT2D eigenvalue weighted by atomic mass is 15.1. The molecule has 0 heterocycles. The Hall–Kier alpha value is -0.980. The number of hydrogen-bond donors (Lipinski definition) is 0. The van der Waals surface area contributed by atoms with E-state index < -0.39 is 0 Å². The molecule has 0 N–H and O–H groups in total. The zero-order valence-electron chi connectivity index (χ0n) is 10.5. The van der Waals surface area contributed by atoms with Crippen LogP contribution in [0.15, 0.2) is 18.2 Å². The van der Waals surface area contributed by atoms with Crippen molar-refractivity contribution in [3.05, 3.63) is 29.3 Å². The summed E-state index contributed by atoms with van der Waals surface area (Å²) in [4.78, 5) is 2.40. The predicted octanol–water partition coefficient (Wildman–Crippen LogP) is 3.66. The molecule has 1 aromatic rings. The lowest BCUT2D eigenvalue weighted by Gasteiger charge is -2.24. The van der Waals surface area contributed by atoms with Crippen molar-refractivity contribution in [2.75, 3.05) is 18.5 Å². The van der Waals surface area contributed by atoms with Crippen molar-refractivity contribution in [1.82, 2.24) is 0 Å². The summed E-state index contributed by atoms with van der Waals surface area (Å²) in [6.07, 6.45) is 3.45. The Morgan fingerprint density at radius 1 is 1.00 bits per heavy atom. The van der Waals surface area contributed by atoms with Crippen molar-refractivity contribution in [3.63, 3.8) is 0 Å². The Kier molecular flexibility index (Phi) is 4.67. The molecule has 0 saturated carbocycles. The predicted molar refractivity (Wildman–Crippen MR) is 68.8 cm³/mol. The molecule has 0 atom stereocenters. The van der Waals surface area contributed by atoms with E-state index in [0.717, 1.165) is 19.4 Å². The molecule has 15 heavy (non-hydrogen) atoms. The van der Waals surface area contributed by atoms with Crippen LogP contribution in [0.5, 0.6) is 0 Å². The van der Waals surface area contributed by atoms with Crippen molar-refractivity contribution in [2.45, 2.75) is 40.0 Å². The van der Waals surface area contributed by atoms with Gasteiger partial charge in [0, 0.05) is 19.3 Å². The minimum absolute atomic E-state index is 1.12. The van der Waals surface area contributed by atoms with Gasteiger partial charge >= 0.3 is 0 Å². The summed E-state index contributed by atoms with van der Waals surface area (Å²) >= 11 is 0. The van der Waals surface area contributed by atoms with Gasteiger partial charge in [-0.1, -0.05) is 39.0 Å². The van der Waals surface area contributed by atoms with Gasteiger partial charge in [-0.3, -0.25) is 0 Å². The summed E-state index contributed by atoms with van der Waals surface area (Å²) in [6.45, 7) is 7.84. The number of para-hydroxylation sites is 1. The van der Waals surface area contributed by atoms with Gasteiger partial charge in [-0.2, -0.15) is 0 Å². The summed E-state index contributed by atoms with van der Waals surface area (Å²) in [5.74, 6) is 0. The molecule has 0 radical (unpaired) electrons. The largest absolute Gasteiger partial charge is 0.374 e. The van der Waals surface area contributed by atoms with Gasteiger partial charge in [-0.05, 0) is 30.4 Å². The summed E-state index contributed by atoms with van der Waals surface area (Å²) in [5, 5.41) is 0. The van der Waals surface area contributed by atoms with Crippen LogP contribution in [0.3, 0.4) is 0 Å². The maximum atomic E-state index is 2.40. The second-order valence-electron chi connectivity index (χ2n) is 4.05. The quantitative estimate of drug-likeness (QED) is 0.709. The maximum absolute atomic E-state index is 2.40. The third-order valence-electron chi connectivity index (χ3n) is 2.91. The van der Waals surface area contributed by atoms with Gasteiger partial charge < -0.3 is 4.90 Å². The average molecular weight is 205 g/mol. The molecule has 0 aliphatic heterocycles. The maximum Gasteiger partial charge on any atom is 0.0428 e. The number of nitrogens with zero attached hydrogens (tertiary/aromatic N) is 1. The molecule has 1 nitrogen and oxygen atoms in total. The molecule has 0 bridgehead atoms. The van der Waals surface area contributed by atoms with Crippen LogP contribution in [0.1, 0.15) is 38.3 Å². The molecule has 0 spiro atoms. The van der Waals surface area contributed by atoms with Crippen LogP contribution in [-0.2, 0) is 12.8 Å². The minimum atomic E-state index is 1.12. The number of aryl methyl sites for hydroxylation is 2. The van der Waals surface area contributed by atoms with Crippen molar-refractivity contribution >= 4 is 5.69 Å². The molecular weight excluding hydrogens is 182 g/mol. The average Bonchev–Trinajstić information content (AvgIpc) is 2.28. The third-order valence-corrected chi connectivity index (χ3v) is 2.91. The van der Waals surface area contributed by atoms with E-state index in [9.17, 15) is 0 Å². The first-order chi connectivity index (χ1) is 7.24. The molecule has 0 fully saturated rings. The van der Waals surface area contributed by atoms with E-state index in [1.807, 2.05) is 0 Å². The van der Waals surface area contributed by atoms with Gasteiger partial charge in [0.2, 0.25) is 0 Å². The highest BCUT2D eigenvalue weighted by Gasteiger charge is 2.09. The summed E-state index contributed by atoms with van der Waals surface area (Å²) in [6, 6.07) is 6.68. The van der Waals surface area contributed by atoms with Crippen molar-refractivity contribution in [1.29, 1.82) is 0 Å². The number of anilines is 1. The summed E-state index contributed by atoms with van der Waals surface area (Å²) in [5.41, 5.74) is 4.42. The van der Waals surface area contributed by atoms with E-state index in [0.29, 0.717) is 0 Å². The standard InChI is InChI=1S/C14H23N/c1-5-11-15(4)14-12(6-2)9-8-10-13(14)7-3/h8-10H,5-7,11H2,1-4H3. The lowest BCUT2D eigenvalue weighted by molar-refractivity contribution is 0.837. The summed E-state index contributed by atoms with van der Waals surface area (Å²) < 4.78 is 0. The first-order valence-electron chi connectivity index (χ1n) is 6.06. The number of rotatable bonds is 5. The van der Waals surface area contributed by atoms with Crippen LogP contribution in [-0.4, -0.2) is 13.6 Å². The van der Waals surface area contributed by atoms with Gasteiger partial charge in [-0.15, -0.1) is 0 Å². The molecule has 84 valence electrons. The van der Waals surface area contributed by atoms with E-state index in [4.69, 9.17) is 0 Å². The van der Waals surface area contributed by atoms with Crippen LogP contribution in [0, 0.1) is 0 Å². The van der Waals surface area contributed by atoms with Crippen LogP contribution >= 0.6 is 0 Å². The fourth-order valence-corrected chi connectivity index (χ4v) is 2.15. The van der Waals surface area contributed by atoms with Gasteiger partial charge in [-0.25, -0.2) is 0 Å². The SMILES string of the molecule is CCCN(C)c1c(CC)cccc1CC. The second kappa shape index (κ2) is 5.79. The van der Waals surface area contributed by atoms with E-state index in [1.165, 1.54) is 23.2 Å². The monoisotopic (exact) mass is 205 g/mol. The highest BCUT2D eigenvalue weighted by molar-refractivity contribution is 5.59. The molecule has 1 rings (SSSR count). The van der Waals surface area contributed by atoms with Gasteiger partial charge in [0.05, 0.1) is 0 Å². The zero-order valence-corrected chi connectivity index (χ0v) is 10.5. The van der Waals surface area contributed by atoms with Crippen LogP contribution in [0.2, 0.25) is 0 Å². The molecule has 1 heteroatoms. The van der Waals surface area contributed by atoms with E-state index in [2.05, 4.69) is 50.9 Å². The molecule has 0 amide bonds. The third kappa shape index (κ3) is 2.74. The van der Waals surface area contributed by atoms with Crippen LogP contribution in [0.4, 0.5) is 5.69 Å². The molecule has 0 aromatic heterocycles. The lowest BCUT2D eigenvalue weighted by Crippen LogP contribution is -2.20. The van der Waals surface area contributed by atoms with E-state index in [1.54, 1.807) is 0 Å². The minimum Gasteiger partial charge on any atom is -0.374 e. The van der Waals surface area contributed by atoms with E-state index in [-0.39, 0.29) is 0 Å². The summed E-state index contributed by atoms with van der Waals surface area (Å²) in [7, 11) is 2.21. The lowest BCUT2D eigenvalue weighted by atomic mass is 10.0. The van der Waals surface area contributed by atoms with Crippen LogP contribution < -0.4 is 4.90 Å². The smallest absolute Gasteiger partial charge is 0.0428 e. The Morgan fingerprint density at radius 3 is 1.93 bits per heavy atom. The van der Waals surface area contributed by atoms with Crippen molar-refractivity contribution < 1.29 is 0 Å². The van der Waals surface area contributed by atoms with E-state index >= 15 is 0 Å². The molecule has 0 aliphatic carbocycles. The first-order valence-corrected chi connectivity index (χ1v) is 6.06. The van der Waals surface area contributed by atoms with Gasteiger partial charge in [0.15, 0.2) is 0 Å². The first kappa shape index (κ1) is 12.1. The Bertz CT molecular complexity index is 282. The zero-order chi connectivity index (χ0) is 11.3. The normalized spacial score (nSPS) is 10.4. The van der Waals surface area contributed by atoms with Crippen LogP contribution in [0.25, 0.3) is 0 Å². The number of hydrogen-bond acceptors (Lipinski definition) is 1. The van der Waals surface area contributed by atoms with Crippen molar-refractivity contribution in [3.8, 4) is 0 Å². The molecular formula is C14H23N. The fourth-order valence-electron chi connectivity index (χ4n) is 2.15. The van der Waals surface area contributed by atoms with Crippen molar-refractivity contribution in [2.24, 2.45) is 0 Å². The molecule has 0 saturated heterocycles. The fraction of sp³-hybridized carbons (Fsp3) is 0.571. The Balaban J connectivity index is 3.09. The highest BCUT2D eigenvalue weighted by Crippen LogP contribution is 2.25. The van der Waals surface area contributed by atoms with Gasteiger partial charge in [0.25, 0.3) is 0 Å².